The highest BCUT2D eigenvalue weighted by atomic mass is 16.7. The van der Waals surface area contributed by atoms with Crippen molar-refractivity contribution < 1.29 is 9.47 Å². The number of rotatable bonds is 2. The first-order valence-electron chi connectivity index (χ1n) is 2.65. The van der Waals surface area contributed by atoms with Crippen LogP contribution in [0.15, 0.2) is 0 Å². The molecule has 0 radical (unpaired) electrons. The minimum absolute atomic E-state index is 0.132. The Balaban J connectivity index is 2.14. The fourth-order valence-electron chi connectivity index (χ4n) is 0.640. The Morgan fingerprint density at radius 3 is 2.62 bits per heavy atom. The summed E-state index contributed by atoms with van der Waals surface area (Å²) < 4.78 is 10.0. The lowest BCUT2D eigenvalue weighted by Crippen LogP contribution is -2.06. The summed E-state index contributed by atoms with van der Waals surface area (Å²) in [5.41, 5.74) is 0. The lowest BCUT2D eigenvalue weighted by atomic mass is 10.5. The predicted molar refractivity (Wildman–Crippen MR) is 29.1 cm³/mol. The van der Waals surface area contributed by atoms with Crippen LogP contribution >= 0.6 is 0 Å². The van der Waals surface area contributed by atoms with Gasteiger partial charge in [-0.1, -0.05) is 0 Å². The smallest absolute Gasteiger partial charge is 0.162 e. The SMILES string of the molecule is N=CCC1OCCO1. The molecule has 8 heavy (non-hydrogen) atoms. The van der Waals surface area contributed by atoms with Gasteiger partial charge in [0, 0.05) is 12.6 Å². The van der Waals surface area contributed by atoms with Crippen LogP contribution in [0.2, 0.25) is 0 Å². The van der Waals surface area contributed by atoms with Crippen LogP contribution in [0.1, 0.15) is 6.42 Å². The van der Waals surface area contributed by atoms with Crippen LogP contribution in [-0.2, 0) is 9.47 Å². The summed E-state index contributed by atoms with van der Waals surface area (Å²) in [5, 5.41) is 6.68. The van der Waals surface area contributed by atoms with Crippen molar-refractivity contribution in [2.75, 3.05) is 13.2 Å². The van der Waals surface area contributed by atoms with Crippen molar-refractivity contribution in [1.29, 1.82) is 5.41 Å². The summed E-state index contributed by atoms with van der Waals surface area (Å²) in [7, 11) is 0. The summed E-state index contributed by atoms with van der Waals surface area (Å²) in [5.74, 6) is 0. The molecule has 0 saturated carbocycles. The molecule has 1 N–H and O–H groups in total. The Bertz CT molecular complexity index is 78.5. The molecule has 1 aliphatic rings. The average molecular weight is 115 g/mol. The molecule has 1 saturated heterocycles. The van der Waals surface area contributed by atoms with Crippen LogP contribution in [0.5, 0.6) is 0 Å². The molecule has 0 atom stereocenters. The second kappa shape index (κ2) is 2.79. The second-order valence-corrected chi connectivity index (χ2v) is 1.61. The summed E-state index contributed by atoms with van der Waals surface area (Å²) in [4.78, 5) is 0. The highest BCUT2D eigenvalue weighted by Crippen LogP contribution is 2.04. The molecule has 0 bridgehead atoms. The maximum Gasteiger partial charge on any atom is 0.162 e. The molecule has 1 heterocycles. The van der Waals surface area contributed by atoms with E-state index in [4.69, 9.17) is 14.9 Å². The van der Waals surface area contributed by atoms with Gasteiger partial charge < -0.3 is 14.9 Å². The Morgan fingerprint density at radius 1 is 1.50 bits per heavy atom. The molecule has 1 aliphatic heterocycles. The van der Waals surface area contributed by atoms with Crippen LogP contribution in [-0.4, -0.2) is 25.7 Å². The maximum absolute atomic E-state index is 6.68. The molecule has 1 rings (SSSR count). The normalized spacial score (nSPS) is 21.5. The Hall–Kier alpha value is -0.410. The molecule has 1 fully saturated rings. The van der Waals surface area contributed by atoms with Crippen molar-refractivity contribution in [1.82, 2.24) is 0 Å². The van der Waals surface area contributed by atoms with Gasteiger partial charge in [0.15, 0.2) is 6.29 Å². The number of hydrogen-bond donors (Lipinski definition) is 1. The first kappa shape index (κ1) is 5.72. The van der Waals surface area contributed by atoms with Crippen molar-refractivity contribution >= 4 is 6.21 Å². The van der Waals surface area contributed by atoms with E-state index in [9.17, 15) is 0 Å². The minimum atomic E-state index is -0.132. The van der Waals surface area contributed by atoms with E-state index >= 15 is 0 Å². The van der Waals surface area contributed by atoms with E-state index in [1.807, 2.05) is 0 Å². The monoisotopic (exact) mass is 115 g/mol. The first-order valence-corrected chi connectivity index (χ1v) is 2.65. The molecule has 0 aliphatic carbocycles. The van der Waals surface area contributed by atoms with Crippen LogP contribution in [0.4, 0.5) is 0 Å². The Morgan fingerprint density at radius 2 is 2.12 bits per heavy atom. The summed E-state index contributed by atoms with van der Waals surface area (Å²) in [6, 6.07) is 0. The third-order valence-electron chi connectivity index (χ3n) is 1.00. The zero-order valence-electron chi connectivity index (χ0n) is 4.59. The standard InChI is InChI=1S/C5H9NO2/c6-2-1-5-7-3-4-8-5/h2,5-6H,1,3-4H2. The van der Waals surface area contributed by atoms with Gasteiger partial charge in [-0.25, -0.2) is 0 Å². The van der Waals surface area contributed by atoms with Gasteiger partial charge in [0.05, 0.1) is 13.2 Å². The van der Waals surface area contributed by atoms with E-state index in [0.717, 1.165) is 0 Å². The molecule has 3 heteroatoms. The van der Waals surface area contributed by atoms with Crippen molar-refractivity contribution in [2.45, 2.75) is 12.7 Å². The van der Waals surface area contributed by atoms with Gasteiger partial charge in [0.1, 0.15) is 0 Å². The minimum Gasteiger partial charge on any atom is -0.350 e. The summed E-state index contributed by atoms with van der Waals surface area (Å²) in [6.45, 7) is 1.36. The molecule has 0 spiro atoms. The van der Waals surface area contributed by atoms with Crippen LogP contribution in [0.3, 0.4) is 0 Å². The quantitative estimate of drug-likeness (QED) is 0.529. The van der Waals surface area contributed by atoms with Crippen molar-refractivity contribution in [3.05, 3.63) is 0 Å². The van der Waals surface area contributed by atoms with E-state index in [1.165, 1.54) is 6.21 Å². The van der Waals surface area contributed by atoms with Crippen molar-refractivity contribution in [3.63, 3.8) is 0 Å². The molecule has 0 aromatic heterocycles. The lowest BCUT2D eigenvalue weighted by Gasteiger charge is -2.01. The third-order valence-corrected chi connectivity index (χ3v) is 1.00. The van der Waals surface area contributed by atoms with Gasteiger partial charge >= 0.3 is 0 Å². The van der Waals surface area contributed by atoms with E-state index in [1.54, 1.807) is 0 Å². The van der Waals surface area contributed by atoms with E-state index in [-0.39, 0.29) is 6.29 Å². The molecule has 3 nitrogen and oxygen atoms in total. The van der Waals surface area contributed by atoms with E-state index in [0.29, 0.717) is 19.6 Å². The number of hydrogen-bond acceptors (Lipinski definition) is 3. The molecule has 0 amide bonds. The van der Waals surface area contributed by atoms with Gasteiger partial charge in [-0.3, -0.25) is 0 Å². The third kappa shape index (κ3) is 1.28. The van der Waals surface area contributed by atoms with Gasteiger partial charge in [-0.2, -0.15) is 0 Å². The van der Waals surface area contributed by atoms with Crippen LogP contribution in [0, 0.1) is 5.41 Å². The van der Waals surface area contributed by atoms with Gasteiger partial charge in [-0.15, -0.1) is 0 Å². The molecular formula is C5H9NO2. The van der Waals surface area contributed by atoms with Crippen LogP contribution < -0.4 is 0 Å². The summed E-state index contributed by atoms with van der Waals surface area (Å²) in [6.07, 6.45) is 1.75. The zero-order valence-corrected chi connectivity index (χ0v) is 4.59. The maximum atomic E-state index is 6.68. The van der Waals surface area contributed by atoms with Gasteiger partial charge in [0.25, 0.3) is 0 Å². The number of ether oxygens (including phenoxy) is 2. The van der Waals surface area contributed by atoms with Gasteiger partial charge in [0.2, 0.25) is 0 Å². The highest BCUT2D eigenvalue weighted by molar-refractivity contribution is 5.53. The van der Waals surface area contributed by atoms with Crippen molar-refractivity contribution in [2.24, 2.45) is 0 Å². The fraction of sp³-hybridized carbons (Fsp3) is 0.800. The molecule has 0 unspecified atom stereocenters. The van der Waals surface area contributed by atoms with Crippen LogP contribution in [0.25, 0.3) is 0 Å². The second-order valence-electron chi connectivity index (χ2n) is 1.61. The van der Waals surface area contributed by atoms with Crippen molar-refractivity contribution in [3.8, 4) is 0 Å². The van der Waals surface area contributed by atoms with E-state index < -0.39 is 0 Å². The number of nitrogens with one attached hydrogen (secondary N) is 1. The molecule has 0 aromatic rings. The topological polar surface area (TPSA) is 42.3 Å². The van der Waals surface area contributed by atoms with Gasteiger partial charge in [-0.05, 0) is 0 Å². The molecular weight excluding hydrogens is 106 g/mol. The molecule has 0 aromatic carbocycles. The Labute approximate surface area is 48.1 Å². The zero-order chi connectivity index (χ0) is 5.82. The highest BCUT2D eigenvalue weighted by Gasteiger charge is 2.12. The first-order chi connectivity index (χ1) is 3.93. The summed E-state index contributed by atoms with van der Waals surface area (Å²) >= 11 is 0. The Kier molecular flexibility index (Phi) is 2.00. The fourth-order valence-corrected chi connectivity index (χ4v) is 0.640. The largest absolute Gasteiger partial charge is 0.350 e. The predicted octanol–water partition coefficient (Wildman–Crippen LogP) is 0.399. The van der Waals surface area contributed by atoms with E-state index in [2.05, 4.69) is 0 Å². The average Bonchev–Trinajstić information content (AvgIpc) is 2.19. The molecule has 46 valence electrons. The lowest BCUT2D eigenvalue weighted by molar-refractivity contribution is -0.0340.